The van der Waals surface area contributed by atoms with Crippen LogP contribution in [0, 0.1) is 12.7 Å². The number of thiophene rings is 1. The summed E-state index contributed by atoms with van der Waals surface area (Å²) in [4.78, 5) is 12.8. The fourth-order valence-corrected chi connectivity index (χ4v) is 4.28. The van der Waals surface area contributed by atoms with Crippen molar-refractivity contribution in [2.24, 2.45) is 0 Å². The molecule has 4 rings (SSSR count). The second kappa shape index (κ2) is 9.83. The predicted octanol–water partition coefficient (Wildman–Crippen LogP) is 5.05. The van der Waals surface area contributed by atoms with Crippen LogP contribution in [0.4, 0.5) is 4.39 Å². The second-order valence-corrected chi connectivity index (χ2v) is 8.64. The largest absolute Gasteiger partial charge is 0.497 e. The Labute approximate surface area is 194 Å². The number of hydrogen-bond acceptors (Lipinski definition) is 6. The summed E-state index contributed by atoms with van der Waals surface area (Å²) < 4.78 is 27.4. The molecule has 0 aliphatic rings. The lowest BCUT2D eigenvalue weighted by Crippen LogP contribution is -2.04. The number of methoxy groups -OCH3 is 1. The molecule has 0 radical (unpaired) electrons. The van der Waals surface area contributed by atoms with Crippen LogP contribution in [-0.2, 0) is 17.8 Å². The summed E-state index contributed by atoms with van der Waals surface area (Å²) in [6, 6.07) is 15.7. The number of carboxylic acid groups (broad SMARTS) is 1. The molecule has 0 bridgehead atoms. The molecule has 0 spiro atoms. The minimum absolute atomic E-state index is 0.0474. The van der Waals surface area contributed by atoms with Gasteiger partial charge in [0.2, 0.25) is 0 Å². The number of aliphatic carboxylic acids is 1. The Bertz CT molecular complexity index is 1280. The minimum Gasteiger partial charge on any atom is -0.497 e. The summed E-state index contributed by atoms with van der Waals surface area (Å²) >= 11 is 1.55. The monoisotopic (exact) mass is 467 g/mol. The van der Waals surface area contributed by atoms with Gasteiger partial charge in [-0.25, -0.2) is 9.07 Å². The van der Waals surface area contributed by atoms with Crippen LogP contribution in [0.1, 0.15) is 22.6 Å². The van der Waals surface area contributed by atoms with Gasteiger partial charge in [-0.05, 0) is 55.3 Å². The van der Waals surface area contributed by atoms with E-state index >= 15 is 0 Å². The van der Waals surface area contributed by atoms with Crippen molar-refractivity contribution in [3.8, 4) is 27.8 Å². The molecule has 0 aliphatic carbocycles. The smallest absolute Gasteiger partial charge is 0.303 e. The van der Waals surface area contributed by atoms with Gasteiger partial charge in [-0.2, -0.15) is 0 Å². The van der Waals surface area contributed by atoms with Crippen LogP contribution in [0.15, 0.2) is 54.6 Å². The summed E-state index contributed by atoms with van der Waals surface area (Å²) in [5, 5.41) is 17.4. The molecule has 170 valence electrons. The highest BCUT2D eigenvalue weighted by molar-refractivity contribution is 7.15. The van der Waals surface area contributed by atoms with Gasteiger partial charge in [0, 0.05) is 17.4 Å². The van der Waals surface area contributed by atoms with E-state index in [0.717, 1.165) is 15.3 Å². The molecule has 9 heteroatoms. The predicted molar refractivity (Wildman–Crippen MR) is 123 cm³/mol. The molecule has 2 heterocycles. The highest BCUT2D eigenvalue weighted by Gasteiger charge is 2.21. The molecule has 0 amide bonds. The molecule has 0 atom stereocenters. The average molecular weight is 468 g/mol. The van der Waals surface area contributed by atoms with E-state index in [-0.39, 0.29) is 18.7 Å². The van der Waals surface area contributed by atoms with Gasteiger partial charge in [-0.3, -0.25) is 4.79 Å². The lowest BCUT2D eigenvalue weighted by atomic mass is 10.1. The first-order chi connectivity index (χ1) is 15.9. The third kappa shape index (κ3) is 5.20. The number of halogens is 1. The highest BCUT2D eigenvalue weighted by Crippen LogP contribution is 2.33. The number of carbonyl (C=O) groups is 1. The molecule has 0 saturated carbocycles. The van der Waals surface area contributed by atoms with E-state index in [1.165, 1.54) is 17.9 Å². The third-order valence-electron chi connectivity index (χ3n) is 5.00. The first-order valence-electron chi connectivity index (χ1n) is 10.2. The SMILES string of the molecule is COc1ccc(F)c(-n2nnc(COc3cccc(CCC(=O)O)c3)c2-c2ccc(C)s2)c1. The van der Waals surface area contributed by atoms with Gasteiger partial charge in [0.15, 0.2) is 0 Å². The highest BCUT2D eigenvalue weighted by atomic mass is 32.1. The first-order valence-corrected chi connectivity index (χ1v) is 11.0. The lowest BCUT2D eigenvalue weighted by Gasteiger charge is -2.10. The molecular weight excluding hydrogens is 445 g/mol. The first kappa shape index (κ1) is 22.5. The van der Waals surface area contributed by atoms with Crippen molar-refractivity contribution in [3.05, 3.63) is 76.5 Å². The standard InChI is InChI=1S/C24H22FN3O4S/c1-15-6-10-22(33-15)24-20(14-32-18-5-3-4-16(12-18)7-11-23(29)30)26-27-28(24)21-13-17(31-2)8-9-19(21)25/h3-6,8-10,12-13H,7,11,14H2,1-2H3,(H,29,30). The maximum absolute atomic E-state index is 14.7. The Morgan fingerprint density at radius 3 is 2.73 bits per heavy atom. The topological polar surface area (TPSA) is 86.5 Å². The van der Waals surface area contributed by atoms with Gasteiger partial charge in [0.05, 0.1) is 12.0 Å². The van der Waals surface area contributed by atoms with E-state index < -0.39 is 11.8 Å². The van der Waals surface area contributed by atoms with E-state index in [0.29, 0.717) is 29.3 Å². The fraction of sp³-hybridized carbons (Fsp3) is 0.208. The minimum atomic E-state index is -0.849. The number of aromatic nitrogens is 3. The van der Waals surface area contributed by atoms with Crippen molar-refractivity contribution in [2.75, 3.05) is 7.11 Å². The Balaban J connectivity index is 1.66. The fourth-order valence-electron chi connectivity index (χ4n) is 3.36. The van der Waals surface area contributed by atoms with Crippen molar-refractivity contribution in [1.82, 2.24) is 15.0 Å². The average Bonchev–Trinajstić information content (AvgIpc) is 3.42. The van der Waals surface area contributed by atoms with Crippen LogP contribution in [0.3, 0.4) is 0 Å². The van der Waals surface area contributed by atoms with Crippen LogP contribution in [0.5, 0.6) is 11.5 Å². The summed E-state index contributed by atoms with van der Waals surface area (Å²) in [5.41, 5.74) is 2.29. The Hall–Kier alpha value is -3.72. The van der Waals surface area contributed by atoms with E-state index in [1.807, 2.05) is 37.3 Å². The van der Waals surface area contributed by atoms with E-state index in [4.69, 9.17) is 14.6 Å². The molecule has 2 aromatic heterocycles. The van der Waals surface area contributed by atoms with Crippen molar-refractivity contribution in [1.29, 1.82) is 0 Å². The number of rotatable bonds is 9. The number of nitrogens with zero attached hydrogens (tertiary/aromatic N) is 3. The number of benzene rings is 2. The molecular formula is C24H22FN3O4S. The van der Waals surface area contributed by atoms with Gasteiger partial charge < -0.3 is 14.6 Å². The molecule has 0 unspecified atom stereocenters. The molecule has 0 saturated heterocycles. The maximum atomic E-state index is 14.7. The van der Waals surface area contributed by atoms with Gasteiger partial charge in [0.25, 0.3) is 0 Å². The van der Waals surface area contributed by atoms with Crippen LogP contribution < -0.4 is 9.47 Å². The third-order valence-corrected chi connectivity index (χ3v) is 6.00. The van der Waals surface area contributed by atoms with Crippen molar-refractivity contribution >= 4 is 17.3 Å². The maximum Gasteiger partial charge on any atom is 0.303 e. The van der Waals surface area contributed by atoms with Crippen LogP contribution in [-0.4, -0.2) is 33.2 Å². The number of ether oxygens (including phenoxy) is 2. The molecule has 7 nitrogen and oxygen atoms in total. The van der Waals surface area contributed by atoms with Crippen molar-refractivity contribution in [2.45, 2.75) is 26.4 Å². The van der Waals surface area contributed by atoms with Gasteiger partial charge in [-0.1, -0.05) is 17.3 Å². The quantitative estimate of drug-likeness (QED) is 0.371. The zero-order valence-electron chi connectivity index (χ0n) is 18.1. The van der Waals surface area contributed by atoms with Gasteiger partial charge in [-0.15, -0.1) is 16.4 Å². The Morgan fingerprint density at radius 1 is 1.15 bits per heavy atom. The molecule has 1 N–H and O–H groups in total. The summed E-state index contributed by atoms with van der Waals surface area (Å²) in [6.45, 7) is 2.10. The van der Waals surface area contributed by atoms with Crippen LogP contribution >= 0.6 is 11.3 Å². The Kier molecular flexibility index (Phi) is 6.69. The number of hydrogen-bond donors (Lipinski definition) is 1. The zero-order chi connectivity index (χ0) is 23.4. The molecule has 33 heavy (non-hydrogen) atoms. The van der Waals surface area contributed by atoms with Crippen molar-refractivity contribution < 1.29 is 23.8 Å². The molecule has 0 fully saturated rings. The normalized spacial score (nSPS) is 10.9. The molecule has 0 aliphatic heterocycles. The number of carboxylic acids is 1. The van der Waals surface area contributed by atoms with Gasteiger partial charge >= 0.3 is 5.97 Å². The molecule has 4 aromatic rings. The van der Waals surface area contributed by atoms with Crippen LogP contribution in [0.2, 0.25) is 0 Å². The van der Waals surface area contributed by atoms with E-state index in [1.54, 1.807) is 29.5 Å². The summed E-state index contributed by atoms with van der Waals surface area (Å²) in [7, 11) is 1.52. The summed E-state index contributed by atoms with van der Waals surface area (Å²) in [6.07, 6.45) is 0.462. The summed E-state index contributed by atoms with van der Waals surface area (Å²) in [5.74, 6) is -0.202. The molecule has 2 aromatic carbocycles. The second-order valence-electron chi connectivity index (χ2n) is 7.35. The van der Waals surface area contributed by atoms with Crippen molar-refractivity contribution in [3.63, 3.8) is 0 Å². The van der Waals surface area contributed by atoms with Crippen LogP contribution in [0.25, 0.3) is 16.3 Å². The lowest BCUT2D eigenvalue weighted by molar-refractivity contribution is -0.136. The van der Waals surface area contributed by atoms with E-state index in [2.05, 4.69) is 10.3 Å². The van der Waals surface area contributed by atoms with E-state index in [9.17, 15) is 9.18 Å². The van der Waals surface area contributed by atoms with Gasteiger partial charge in [0.1, 0.15) is 41.0 Å². The number of aryl methyl sites for hydroxylation is 2. The zero-order valence-corrected chi connectivity index (χ0v) is 18.9. The Morgan fingerprint density at radius 2 is 2.00 bits per heavy atom.